The SMILES string of the molecule is Bc1ccc(NC(=O)C(CCCN2C[C@@H]3C[C@H]2CO3)c2ccc(/C=C/C(=O)Nc3ccccc3NC(=O)OC(C)(C)C)cn2)cc1. The van der Waals surface area contributed by atoms with E-state index in [1.807, 2.05) is 44.2 Å². The van der Waals surface area contributed by atoms with Crippen molar-refractivity contribution in [3.8, 4) is 0 Å². The van der Waals surface area contributed by atoms with Gasteiger partial charge in [-0.25, -0.2) is 4.79 Å². The van der Waals surface area contributed by atoms with E-state index in [1.54, 1.807) is 57.3 Å². The Morgan fingerprint density at radius 2 is 1.78 bits per heavy atom. The van der Waals surface area contributed by atoms with Gasteiger partial charge in [0, 0.05) is 30.5 Å². The average Bonchev–Trinajstić information content (AvgIpc) is 3.64. The number of carbonyl (C=O) groups is 3. The van der Waals surface area contributed by atoms with Gasteiger partial charge in [-0.2, -0.15) is 0 Å². The van der Waals surface area contributed by atoms with E-state index in [0.29, 0.717) is 41.2 Å². The number of hydrogen-bond donors (Lipinski definition) is 3. The standard InChI is InChI=1S/C35H42BN5O5/c1-35(2,3)46-34(44)40-31-9-5-4-8-30(31)39-32(42)17-11-23-10-16-29(37-20-23)28(33(43)38-25-14-12-24(36)13-15-25)7-6-18-41-21-27-19-26(41)22-45-27/h4-5,8-17,20,26-28H,6-7,18-19,21-22,36H2,1-3H3,(H,38,43)(H,39,42)(H,40,44)/b17-11+/t26-,27-,28?/m0/s1. The lowest BCUT2D eigenvalue weighted by Gasteiger charge is -2.27. The van der Waals surface area contributed by atoms with Crippen LogP contribution in [0.4, 0.5) is 21.9 Å². The first-order valence-electron chi connectivity index (χ1n) is 15.8. The third-order valence-corrected chi connectivity index (χ3v) is 8.00. The number of nitrogens with zero attached hydrogens (tertiary/aromatic N) is 2. The number of anilines is 3. The van der Waals surface area contributed by atoms with Crippen molar-refractivity contribution >= 4 is 54.4 Å². The Morgan fingerprint density at radius 3 is 2.41 bits per heavy atom. The molecule has 2 aliphatic heterocycles. The summed E-state index contributed by atoms with van der Waals surface area (Å²) in [6.07, 6.45) is 7.08. The molecule has 3 heterocycles. The maximum Gasteiger partial charge on any atom is 0.412 e. The Kier molecular flexibility index (Phi) is 10.5. The van der Waals surface area contributed by atoms with Crippen molar-refractivity contribution in [2.75, 3.05) is 35.6 Å². The van der Waals surface area contributed by atoms with Gasteiger partial charge in [-0.05, 0) is 88.5 Å². The van der Waals surface area contributed by atoms with Crippen molar-refractivity contribution in [2.24, 2.45) is 0 Å². The fraction of sp³-hybridized carbons (Fsp3) is 0.371. The maximum absolute atomic E-state index is 13.5. The number of hydrogen-bond acceptors (Lipinski definition) is 7. The molecule has 2 bridgehead atoms. The van der Waals surface area contributed by atoms with Crippen LogP contribution in [0, 0.1) is 0 Å². The number of benzene rings is 2. The highest BCUT2D eigenvalue weighted by Gasteiger charge is 2.38. The zero-order valence-electron chi connectivity index (χ0n) is 26.9. The summed E-state index contributed by atoms with van der Waals surface area (Å²) in [7, 11) is 2.01. The molecular formula is C35H42BN5O5. The molecule has 3 N–H and O–H groups in total. The lowest BCUT2D eigenvalue weighted by molar-refractivity contribution is -0.118. The molecule has 2 saturated heterocycles. The van der Waals surface area contributed by atoms with Crippen LogP contribution in [0.2, 0.25) is 0 Å². The fourth-order valence-electron chi connectivity index (χ4n) is 5.71. The van der Waals surface area contributed by atoms with E-state index in [9.17, 15) is 14.4 Å². The van der Waals surface area contributed by atoms with Crippen molar-refractivity contribution in [2.45, 2.75) is 63.7 Å². The highest BCUT2D eigenvalue weighted by atomic mass is 16.6. The van der Waals surface area contributed by atoms with E-state index in [1.165, 1.54) is 6.08 Å². The molecular weight excluding hydrogens is 581 g/mol. The average molecular weight is 624 g/mol. The van der Waals surface area contributed by atoms with Crippen molar-refractivity contribution in [1.29, 1.82) is 0 Å². The summed E-state index contributed by atoms with van der Waals surface area (Å²) in [6, 6.07) is 18.8. The number of rotatable bonds is 11. The van der Waals surface area contributed by atoms with E-state index < -0.39 is 17.6 Å². The first kappa shape index (κ1) is 32.9. The molecule has 0 saturated carbocycles. The number of aromatic nitrogens is 1. The number of nitrogens with one attached hydrogen (secondary N) is 3. The summed E-state index contributed by atoms with van der Waals surface area (Å²) >= 11 is 0. The lowest BCUT2D eigenvalue weighted by atomic mass is 9.95. The molecule has 0 aliphatic carbocycles. The van der Waals surface area contributed by atoms with Gasteiger partial charge in [0.05, 0.1) is 35.7 Å². The first-order chi connectivity index (χ1) is 22.0. The molecule has 3 amide bonds. The third kappa shape index (κ3) is 9.28. The lowest BCUT2D eigenvalue weighted by Crippen LogP contribution is -2.37. The number of likely N-dealkylation sites (tertiary alicyclic amines) is 1. The van der Waals surface area contributed by atoms with Gasteiger partial charge in [0.1, 0.15) is 13.4 Å². The van der Waals surface area contributed by atoms with E-state index in [0.717, 1.165) is 43.7 Å². The summed E-state index contributed by atoms with van der Waals surface area (Å²) in [5.41, 5.74) is 3.48. The van der Waals surface area contributed by atoms with Crippen LogP contribution < -0.4 is 21.4 Å². The number of amides is 3. The molecule has 46 heavy (non-hydrogen) atoms. The van der Waals surface area contributed by atoms with Crippen LogP contribution in [0.5, 0.6) is 0 Å². The number of morpholine rings is 1. The van der Waals surface area contributed by atoms with Crippen LogP contribution in [0.25, 0.3) is 6.08 Å². The van der Waals surface area contributed by atoms with Gasteiger partial charge >= 0.3 is 6.09 Å². The van der Waals surface area contributed by atoms with E-state index in [-0.39, 0.29) is 11.8 Å². The second-order valence-electron chi connectivity index (χ2n) is 12.9. The van der Waals surface area contributed by atoms with Crippen molar-refractivity contribution in [3.63, 3.8) is 0 Å². The van der Waals surface area contributed by atoms with Gasteiger partial charge in [0.15, 0.2) is 0 Å². The van der Waals surface area contributed by atoms with Crippen molar-refractivity contribution in [3.05, 3.63) is 84.2 Å². The molecule has 11 heteroatoms. The highest BCUT2D eigenvalue weighted by molar-refractivity contribution is 6.32. The highest BCUT2D eigenvalue weighted by Crippen LogP contribution is 2.29. The molecule has 2 aromatic carbocycles. The zero-order chi connectivity index (χ0) is 32.7. The van der Waals surface area contributed by atoms with E-state index in [4.69, 9.17) is 9.47 Å². The van der Waals surface area contributed by atoms with Crippen LogP contribution in [0.3, 0.4) is 0 Å². The number of carbonyl (C=O) groups excluding carboxylic acids is 3. The smallest absolute Gasteiger partial charge is 0.412 e. The van der Waals surface area contributed by atoms with Crippen LogP contribution in [0.1, 0.15) is 57.2 Å². The summed E-state index contributed by atoms with van der Waals surface area (Å²) in [5.74, 6) is -0.893. The summed E-state index contributed by atoms with van der Waals surface area (Å²) in [6.45, 7) is 8.02. The molecule has 0 spiro atoms. The molecule has 2 fully saturated rings. The minimum absolute atomic E-state index is 0.0936. The van der Waals surface area contributed by atoms with Crippen LogP contribution in [-0.2, 0) is 19.1 Å². The van der Waals surface area contributed by atoms with Gasteiger partial charge in [0.25, 0.3) is 0 Å². The topological polar surface area (TPSA) is 122 Å². The minimum Gasteiger partial charge on any atom is -0.444 e. The van der Waals surface area contributed by atoms with E-state index in [2.05, 4.69) is 25.8 Å². The minimum atomic E-state index is -0.650. The molecule has 0 radical (unpaired) electrons. The van der Waals surface area contributed by atoms with Gasteiger partial charge in [-0.3, -0.25) is 24.8 Å². The molecule has 3 atom stereocenters. The predicted octanol–water partition coefficient (Wildman–Crippen LogP) is 4.31. The zero-order valence-corrected chi connectivity index (χ0v) is 26.9. The largest absolute Gasteiger partial charge is 0.444 e. The first-order valence-corrected chi connectivity index (χ1v) is 15.8. The Balaban J connectivity index is 1.21. The van der Waals surface area contributed by atoms with Gasteiger partial charge in [-0.1, -0.05) is 35.8 Å². The number of pyridine rings is 1. The summed E-state index contributed by atoms with van der Waals surface area (Å²) < 4.78 is 11.1. The molecule has 5 rings (SSSR count). The molecule has 2 aliphatic rings. The second-order valence-corrected chi connectivity index (χ2v) is 12.9. The maximum atomic E-state index is 13.5. The number of para-hydroxylation sites is 2. The molecule has 1 unspecified atom stereocenters. The van der Waals surface area contributed by atoms with Crippen LogP contribution >= 0.6 is 0 Å². The van der Waals surface area contributed by atoms with Gasteiger partial charge < -0.3 is 20.1 Å². The van der Waals surface area contributed by atoms with Crippen LogP contribution in [0.15, 0.2) is 72.9 Å². The van der Waals surface area contributed by atoms with Crippen molar-refractivity contribution < 1.29 is 23.9 Å². The van der Waals surface area contributed by atoms with E-state index >= 15 is 0 Å². The molecule has 240 valence electrons. The van der Waals surface area contributed by atoms with Gasteiger partial charge in [-0.15, -0.1) is 0 Å². The Hall–Kier alpha value is -4.48. The molecule has 10 nitrogen and oxygen atoms in total. The molecule has 3 aromatic rings. The fourth-order valence-corrected chi connectivity index (χ4v) is 5.71. The third-order valence-electron chi connectivity index (χ3n) is 8.00. The Morgan fingerprint density at radius 1 is 1.04 bits per heavy atom. The monoisotopic (exact) mass is 623 g/mol. The van der Waals surface area contributed by atoms with Crippen molar-refractivity contribution in [1.82, 2.24) is 9.88 Å². The quantitative estimate of drug-likeness (QED) is 0.215. The summed E-state index contributed by atoms with van der Waals surface area (Å²) in [4.78, 5) is 45.6. The van der Waals surface area contributed by atoms with Gasteiger partial charge in [0.2, 0.25) is 11.8 Å². The molecule has 1 aromatic heterocycles. The Bertz CT molecular complexity index is 1550. The predicted molar refractivity (Wildman–Crippen MR) is 183 cm³/mol. The summed E-state index contributed by atoms with van der Waals surface area (Å²) in [5, 5.41) is 8.54. The number of ether oxygens (including phenoxy) is 2. The number of fused-ring (bicyclic) bond motifs is 2. The van der Waals surface area contributed by atoms with Crippen LogP contribution in [-0.4, -0.2) is 73.1 Å². The normalized spacial score (nSPS) is 18.3. The Labute approximate surface area is 271 Å². The second kappa shape index (κ2) is 14.7.